The van der Waals surface area contributed by atoms with Gasteiger partial charge in [0.05, 0.1) is 6.61 Å². The van der Waals surface area contributed by atoms with Crippen molar-refractivity contribution < 1.29 is 5.11 Å². The third-order valence-electron chi connectivity index (χ3n) is 4.14. The second-order valence-electron chi connectivity index (χ2n) is 5.37. The van der Waals surface area contributed by atoms with Gasteiger partial charge in [0.1, 0.15) is 0 Å². The molecule has 0 aliphatic heterocycles. The van der Waals surface area contributed by atoms with Crippen LogP contribution in [0.2, 0.25) is 0 Å². The molecule has 0 spiro atoms. The molecule has 0 heterocycles. The molecular formula is C14H29NO. The molecule has 16 heavy (non-hydrogen) atoms. The fourth-order valence-electron chi connectivity index (χ4n) is 2.78. The SMILES string of the molecule is CNC1(CO)CCCCCCCCCCC1. The van der Waals surface area contributed by atoms with Gasteiger partial charge in [0.15, 0.2) is 0 Å². The summed E-state index contributed by atoms with van der Waals surface area (Å²) in [6.45, 7) is 0.295. The van der Waals surface area contributed by atoms with E-state index in [2.05, 4.69) is 5.32 Å². The highest BCUT2D eigenvalue weighted by atomic mass is 16.3. The van der Waals surface area contributed by atoms with Crippen LogP contribution < -0.4 is 5.32 Å². The molecule has 0 aromatic heterocycles. The number of hydrogen-bond donors (Lipinski definition) is 2. The molecule has 0 unspecified atom stereocenters. The molecule has 1 aliphatic carbocycles. The molecular weight excluding hydrogens is 198 g/mol. The lowest BCUT2D eigenvalue weighted by Gasteiger charge is -2.32. The van der Waals surface area contributed by atoms with E-state index in [4.69, 9.17) is 0 Å². The normalized spacial score (nSPS) is 24.4. The van der Waals surface area contributed by atoms with Crippen LogP contribution in [0.3, 0.4) is 0 Å². The number of hydrogen-bond acceptors (Lipinski definition) is 2. The highest BCUT2D eigenvalue weighted by Gasteiger charge is 2.25. The Balaban J connectivity index is 2.41. The molecule has 2 N–H and O–H groups in total. The van der Waals surface area contributed by atoms with Gasteiger partial charge in [-0.05, 0) is 19.9 Å². The van der Waals surface area contributed by atoms with Crippen molar-refractivity contribution in [3.63, 3.8) is 0 Å². The molecule has 0 aromatic rings. The van der Waals surface area contributed by atoms with Crippen molar-refractivity contribution in [1.29, 1.82) is 0 Å². The van der Waals surface area contributed by atoms with Crippen molar-refractivity contribution in [3.05, 3.63) is 0 Å². The Hall–Kier alpha value is -0.0800. The first-order valence-corrected chi connectivity index (χ1v) is 7.13. The summed E-state index contributed by atoms with van der Waals surface area (Å²) in [7, 11) is 2.00. The number of rotatable bonds is 2. The van der Waals surface area contributed by atoms with Crippen molar-refractivity contribution in [2.45, 2.75) is 76.2 Å². The molecule has 96 valence electrons. The standard InChI is InChI=1S/C14H29NO/c1-15-14(13-16)11-9-7-5-3-2-4-6-8-10-12-14/h15-16H,2-13H2,1H3. The topological polar surface area (TPSA) is 32.3 Å². The number of aliphatic hydroxyl groups is 1. The highest BCUT2D eigenvalue weighted by molar-refractivity contribution is 4.86. The van der Waals surface area contributed by atoms with E-state index >= 15 is 0 Å². The van der Waals surface area contributed by atoms with E-state index in [9.17, 15) is 5.11 Å². The second kappa shape index (κ2) is 8.08. The Morgan fingerprint density at radius 2 is 1.19 bits per heavy atom. The molecule has 2 nitrogen and oxygen atoms in total. The average molecular weight is 227 g/mol. The minimum Gasteiger partial charge on any atom is -0.394 e. The summed E-state index contributed by atoms with van der Waals surface area (Å²) in [6, 6.07) is 0. The van der Waals surface area contributed by atoms with Gasteiger partial charge in [0, 0.05) is 5.54 Å². The van der Waals surface area contributed by atoms with Crippen molar-refractivity contribution in [1.82, 2.24) is 5.32 Å². The second-order valence-corrected chi connectivity index (χ2v) is 5.37. The first-order chi connectivity index (χ1) is 7.83. The first kappa shape index (κ1) is 14.0. The Morgan fingerprint density at radius 1 is 0.812 bits per heavy atom. The molecule has 0 bridgehead atoms. The van der Waals surface area contributed by atoms with Crippen molar-refractivity contribution in [2.75, 3.05) is 13.7 Å². The summed E-state index contributed by atoms with van der Waals surface area (Å²) in [5.41, 5.74) is 0.0131. The van der Waals surface area contributed by atoms with Gasteiger partial charge in [-0.3, -0.25) is 0 Å². The fraction of sp³-hybridized carbons (Fsp3) is 1.00. The van der Waals surface area contributed by atoms with Crippen LogP contribution in [0.4, 0.5) is 0 Å². The van der Waals surface area contributed by atoms with E-state index in [0.717, 1.165) is 12.8 Å². The van der Waals surface area contributed by atoms with E-state index in [1.165, 1.54) is 57.8 Å². The first-order valence-electron chi connectivity index (χ1n) is 7.13. The predicted octanol–water partition coefficient (Wildman–Crippen LogP) is 3.24. The monoisotopic (exact) mass is 227 g/mol. The highest BCUT2D eigenvalue weighted by Crippen LogP contribution is 2.24. The van der Waals surface area contributed by atoms with Gasteiger partial charge in [0.2, 0.25) is 0 Å². The van der Waals surface area contributed by atoms with Crippen molar-refractivity contribution in [3.8, 4) is 0 Å². The molecule has 1 fully saturated rings. The zero-order valence-electron chi connectivity index (χ0n) is 10.9. The molecule has 0 radical (unpaired) electrons. The Bertz CT molecular complexity index is 152. The van der Waals surface area contributed by atoms with Crippen LogP contribution in [-0.2, 0) is 0 Å². The van der Waals surface area contributed by atoms with E-state index in [-0.39, 0.29) is 5.54 Å². The third kappa shape index (κ3) is 4.84. The summed E-state index contributed by atoms with van der Waals surface area (Å²) < 4.78 is 0. The maximum Gasteiger partial charge on any atom is 0.0613 e. The molecule has 0 amide bonds. The summed E-state index contributed by atoms with van der Waals surface area (Å²) in [4.78, 5) is 0. The number of aliphatic hydroxyl groups excluding tert-OH is 1. The van der Waals surface area contributed by atoms with Gasteiger partial charge in [-0.2, -0.15) is 0 Å². The lowest BCUT2D eigenvalue weighted by atomic mass is 9.86. The van der Waals surface area contributed by atoms with Gasteiger partial charge < -0.3 is 10.4 Å². The van der Waals surface area contributed by atoms with Crippen LogP contribution in [-0.4, -0.2) is 24.3 Å². The van der Waals surface area contributed by atoms with Gasteiger partial charge in [-0.15, -0.1) is 0 Å². The summed E-state index contributed by atoms with van der Waals surface area (Å²) in [6.07, 6.45) is 14.5. The van der Waals surface area contributed by atoms with Gasteiger partial charge in [-0.25, -0.2) is 0 Å². The zero-order chi connectivity index (χ0) is 11.7. The van der Waals surface area contributed by atoms with Crippen LogP contribution >= 0.6 is 0 Å². The van der Waals surface area contributed by atoms with E-state index < -0.39 is 0 Å². The molecule has 2 heteroatoms. The van der Waals surface area contributed by atoms with Gasteiger partial charge >= 0.3 is 0 Å². The Morgan fingerprint density at radius 3 is 1.50 bits per heavy atom. The number of likely N-dealkylation sites (N-methyl/N-ethyl adjacent to an activating group) is 1. The lowest BCUT2D eigenvalue weighted by molar-refractivity contribution is 0.143. The maximum absolute atomic E-state index is 9.58. The van der Waals surface area contributed by atoms with Crippen molar-refractivity contribution in [2.24, 2.45) is 0 Å². The molecule has 1 rings (SSSR count). The van der Waals surface area contributed by atoms with E-state index in [1.807, 2.05) is 7.05 Å². The Labute approximate surface area is 101 Å². The van der Waals surface area contributed by atoms with Crippen LogP contribution in [0.5, 0.6) is 0 Å². The molecule has 1 aliphatic rings. The fourth-order valence-corrected chi connectivity index (χ4v) is 2.78. The van der Waals surface area contributed by atoms with E-state index in [0.29, 0.717) is 6.61 Å². The largest absolute Gasteiger partial charge is 0.394 e. The van der Waals surface area contributed by atoms with Crippen molar-refractivity contribution >= 4 is 0 Å². The van der Waals surface area contributed by atoms with Crippen LogP contribution in [0.15, 0.2) is 0 Å². The Kier molecular flexibility index (Phi) is 7.06. The molecule has 1 saturated carbocycles. The molecule has 0 aromatic carbocycles. The predicted molar refractivity (Wildman–Crippen MR) is 69.7 cm³/mol. The minimum atomic E-state index is 0.0131. The van der Waals surface area contributed by atoms with Crippen LogP contribution in [0.25, 0.3) is 0 Å². The average Bonchev–Trinajstić information content (AvgIpc) is 2.31. The van der Waals surface area contributed by atoms with Crippen LogP contribution in [0, 0.1) is 0 Å². The quantitative estimate of drug-likeness (QED) is 0.759. The molecule has 0 atom stereocenters. The van der Waals surface area contributed by atoms with Gasteiger partial charge in [0.25, 0.3) is 0 Å². The summed E-state index contributed by atoms with van der Waals surface area (Å²) >= 11 is 0. The maximum atomic E-state index is 9.58. The smallest absolute Gasteiger partial charge is 0.0613 e. The molecule has 0 saturated heterocycles. The van der Waals surface area contributed by atoms with Gasteiger partial charge in [-0.1, -0.05) is 57.8 Å². The minimum absolute atomic E-state index is 0.0131. The number of nitrogens with one attached hydrogen (secondary N) is 1. The van der Waals surface area contributed by atoms with Crippen LogP contribution in [0.1, 0.15) is 70.6 Å². The van der Waals surface area contributed by atoms with E-state index in [1.54, 1.807) is 0 Å². The lowest BCUT2D eigenvalue weighted by Crippen LogP contribution is -2.46. The third-order valence-corrected chi connectivity index (χ3v) is 4.14. The summed E-state index contributed by atoms with van der Waals surface area (Å²) in [5.74, 6) is 0. The summed E-state index contributed by atoms with van der Waals surface area (Å²) in [5, 5.41) is 13.0. The zero-order valence-corrected chi connectivity index (χ0v) is 10.9.